The number of thiazole rings is 1. The van der Waals surface area contributed by atoms with E-state index in [2.05, 4.69) is 53.2 Å². The minimum atomic E-state index is 0. The molecule has 2 rings (SSSR count). The van der Waals surface area contributed by atoms with Gasteiger partial charge in [0.05, 0.1) is 6.54 Å². The van der Waals surface area contributed by atoms with Crippen LogP contribution in [0.2, 0.25) is 0 Å². The van der Waals surface area contributed by atoms with Crippen LogP contribution < -0.4 is 10.6 Å². The molecule has 1 atom stereocenters. The Balaban J connectivity index is 0.00000312. The molecule has 1 aromatic heterocycles. The van der Waals surface area contributed by atoms with E-state index in [1.165, 1.54) is 30.8 Å². The van der Waals surface area contributed by atoms with Gasteiger partial charge in [0.15, 0.2) is 5.96 Å². The Hall–Kier alpha value is -0.410. The number of halogens is 1. The minimum Gasteiger partial charge on any atom is -0.355 e. The van der Waals surface area contributed by atoms with E-state index in [1.807, 2.05) is 13.2 Å². The molecule has 0 saturated carbocycles. The van der Waals surface area contributed by atoms with E-state index in [1.54, 1.807) is 11.3 Å². The standard InChI is InChI=1S/C18H33N5S.HI/c1-13(2)16(23-8-6-14(3)7-9-23)11-21-18(19-5)22-12-17-20-10-15(4)24-17;/h10,13-14,16H,6-9,11-12H2,1-5H3,(H2,19,21,22);1H. The predicted molar refractivity (Wildman–Crippen MR) is 119 cm³/mol. The van der Waals surface area contributed by atoms with Gasteiger partial charge in [0.2, 0.25) is 0 Å². The second-order valence-corrected chi connectivity index (χ2v) is 8.52. The first kappa shape index (κ1) is 22.6. The number of piperidine rings is 1. The fourth-order valence-electron chi connectivity index (χ4n) is 3.21. The monoisotopic (exact) mass is 479 g/mol. The zero-order valence-electron chi connectivity index (χ0n) is 16.2. The predicted octanol–water partition coefficient (Wildman–Crippen LogP) is 3.49. The van der Waals surface area contributed by atoms with E-state index in [9.17, 15) is 0 Å². The first-order valence-corrected chi connectivity index (χ1v) is 9.91. The normalized spacial score (nSPS) is 18.1. The third kappa shape index (κ3) is 7.38. The number of hydrogen-bond donors (Lipinski definition) is 2. The Kier molecular flexibility index (Phi) is 10.3. The lowest BCUT2D eigenvalue weighted by atomic mass is 9.94. The molecule has 1 aromatic rings. The maximum atomic E-state index is 4.39. The topological polar surface area (TPSA) is 52.6 Å². The summed E-state index contributed by atoms with van der Waals surface area (Å²) in [6, 6.07) is 0.554. The van der Waals surface area contributed by atoms with Crippen molar-refractivity contribution in [3.63, 3.8) is 0 Å². The van der Waals surface area contributed by atoms with Crippen LogP contribution in [0.1, 0.15) is 43.5 Å². The number of aryl methyl sites for hydroxylation is 1. The molecule has 1 unspecified atom stereocenters. The van der Waals surface area contributed by atoms with E-state index in [0.29, 0.717) is 12.0 Å². The van der Waals surface area contributed by atoms with Crippen molar-refractivity contribution in [3.8, 4) is 0 Å². The van der Waals surface area contributed by atoms with Gasteiger partial charge in [-0.3, -0.25) is 9.89 Å². The average molecular weight is 479 g/mol. The number of nitrogens with one attached hydrogen (secondary N) is 2. The number of nitrogens with zero attached hydrogens (tertiary/aromatic N) is 3. The molecule has 0 aromatic carbocycles. The van der Waals surface area contributed by atoms with Crippen LogP contribution in [0.15, 0.2) is 11.2 Å². The Morgan fingerprint density at radius 2 is 2.04 bits per heavy atom. The molecule has 1 saturated heterocycles. The molecule has 2 heterocycles. The van der Waals surface area contributed by atoms with Gasteiger partial charge in [-0.2, -0.15) is 0 Å². The van der Waals surface area contributed by atoms with Gasteiger partial charge in [-0.15, -0.1) is 35.3 Å². The molecule has 0 radical (unpaired) electrons. The van der Waals surface area contributed by atoms with Crippen LogP contribution in [0.25, 0.3) is 0 Å². The molecular weight excluding hydrogens is 445 g/mol. The zero-order chi connectivity index (χ0) is 17.5. The van der Waals surface area contributed by atoms with Crippen LogP contribution in [0, 0.1) is 18.8 Å². The molecule has 144 valence electrons. The first-order chi connectivity index (χ1) is 11.5. The Morgan fingerprint density at radius 3 is 2.56 bits per heavy atom. The molecule has 7 heteroatoms. The van der Waals surface area contributed by atoms with Gasteiger partial charge in [-0.25, -0.2) is 4.98 Å². The summed E-state index contributed by atoms with van der Waals surface area (Å²) in [5.74, 6) is 2.36. The van der Waals surface area contributed by atoms with Crippen LogP contribution >= 0.6 is 35.3 Å². The van der Waals surface area contributed by atoms with Crippen molar-refractivity contribution < 1.29 is 0 Å². The molecule has 5 nitrogen and oxygen atoms in total. The van der Waals surface area contributed by atoms with Crippen molar-refractivity contribution >= 4 is 41.3 Å². The SMILES string of the molecule is CN=C(NCc1ncc(C)s1)NCC(C(C)C)N1CCC(C)CC1.I. The van der Waals surface area contributed by atoms with Gasteiger partial charge >= 0.3 is 0 Å². The molecule has 0 bridgehead atoms. The molecular formula is C18H34IN5S. The minimum absolute atomic E-state index is 0. The largest absolute Gasteiger partial charge is 0.355 e. The van der Waals surface area contributed by atoms with Crippen LogP contribution in [-0.2, 0) is 6.54 Å². The summed E-state index contributed by atoms with van der Waals surface area (Å²) in [4.78, 5) is 12.6. The Labute approximate surface area is 174 Å². The fourth-order valence-corrected chi connectivity index (χ4v) is 3.94. The van der Waals surface area contributed by atoms with Gasteiger partial charge in [0.25, 0.3) is 0 Å². The summed E-state index contributed by atoms with van der Waals surface area (Å²) in [5, 5.41) is 7.98. The highest BCUT2D eigenvalue weighted by molar-refractivity contribution is 14.0. The Bertz CT molecular complexity index is 523. The smallest absolute Gasteiger partial charge is 0.191 e. The van der Waals surface area contributed by atoms with Crippen molar-refractivity contribution in [2.45, 2.75) is 53.1 Å². The van der Waals surface area contributed by atoms with Gasteiger partial charge in [-0.1, -0.05) is 20.8 Å². The third-order valence-corrected chi connectivity index (χ3v) is 5.75. The van der Waals surface area contributed by atoms with Gasteiger partial charge in [-0.05, 0) is 44.7 Å². The van der Waals surface area contributed by atoms with Crippen LogP contribution in [0.5, 0.6) is 0 Å². The summed E-state index contributed by atoms with van der Waals surface area (Å²) >= 11 is 1.73. The summed E-state index contributed by atoms with van der Waals surface area (Å²) < 4.78 is 0. The van der Waals surface area contributed by atoms with E-state index < -0.39 is 0 Å². The second-order valence-electron chi connectivity index (χ2n) is 7.20. The Morgan fingerprint density at radius 1 is 1.36 bits per heavy atom. The number of hydrogen-bond acceptors (Lipinski definition) is 4. The van der Waals surface area contributed by atoms with Crippen molar-refractivity contribution in [1.29, 1.82) is 0 Å². The summed E-state index contributed by atoms with van der Waals surface area (Å²) in [7, 11) is 1.83. The maximum absolute atomic E-state index is 4.39. The quantitative estimate of drug-likeness (QED) is 0.373. The lowest BCUT2D eigenvalue weighted by Gasteiger charge is -2.39. The van der Waals surface area contributed by atoms with Crippen molar-refractivity contribution in [1.82, 2.24) is 20.5 Å². The molecule has 0 spiro atoms. The fraction of sp³-hybridized carbons (Fsp3) is 0.778. The number of likely N-dealkylation sites (tertiary alicyclic amines) is 1. The van der Waals surface area contributed by atoms with Gasteiger partial charge < -0.3 is 10.6 Å². The summed E-state index contributed by atoms with van der Waals surface area (Å²) in [6.07, 6.45) is 4.56. The second kappa shape index (κ2) is 11.3. The van der Waals surface area contributed by atoms with E-state index in [0.717, 1.165) is 30.0 Å². The highest BCUT2D eigenvalue weighted by Crippen LogP contribution is 2.21. The summed E-state index contributed by atoms with van der Waals surface area (Å²) in [6.45, 7) is 13.2. The highest BCUT2D eigenvalue weighted by Gasteiger charge is 2.25. The lowest BCUT2D eigenvalue weighted by Crippen LogP contribution is -2.51. The average Bonchev–Trinajstić information content (AvgIpc) is 2.97. The highest BCUT2D eigenvalue weighted by atomic mass is 127. The molecule has 1 aliphatic rings. The molecule has 1 aliphatic heterocycles. The molecule has 25 heavy (non-hydrogen) atoms. The van der Waals surface area contributed by atoms with E-state index in [-0.39, 0.29) is 24.0 Å². The number of guanidine groups is 1. The van der Waals surface area contributed by atoms with E-state index >= 15 is 0 Å². The third-order valence-electron chi connectivity index (χ3n) is 4.84. The number of rotatable bonds is 6. The van der Waals surface area contributed by atoms with Crippen molar-refractivity contribution in [2.24, 2.45) is 16.8 Å². The maximum Gasteiger partial charge on any atom is 0.191 e. The van der Waals surface area contributed by atoms with Crippen LogP contribution in [0.4, 0.5) is 0 Å². The zero-order valence-corrected chi connectivity index (χ0v) is 19.4. The lowest BCUT2D eigenvalue weighted by molar-refractivity contribution is 0.110. The van der Waals surface area contributed by atoms with Gasteiger partial charge in [0.1, 0.15) is 5.01 Å². The van der Waals surface area contributed by atoms with Crippen molar-refractivity contribution in [3.05, 3.63) is 16.1 Å². The number of aliphatic imine (C=N–C) groups is 1. The molecule has 0 aliphatic carbocycles. The summed E-state index contributed by atoms with van der Waals surface area (Å²) in [5.41, 5.74) is 0. The van der Waals surface area contributed by atoms with Gasteiger partial charge in [0, 0.05) is 30.7 Å². The van der Waals surface area contributed by atoms with E-state index in [4.69, 9.17) is 0 Å². The van der Waals surface area contributed by atoms with Crippen LogP contribution in [-0.4, -0.2) is 48.6 Å². The van der Waals surface area contributed by atoms with Crippen LogP contribution in [0.3, 0.4) is 0 Å². The van der Waals surface area contributed by atoms with Crippen molar-refractivity contribution in [2.75, 3.05) is 26.7 Å². The molecule has 0 amide bonds. The number of aromatic nitrogens is 1. The molecule has 2 N–H and O–H groups in total. The molecule has 1 fully saturated rings. The first-order valence-electron chi connectivity index (χ1n) is 9.09.